The molecule has 2 heterocycles. The number of rotatable bonds is 6. The van der Waals surface area contributed by atoms with Crippen molar-refractivity contribution in [2.45, 2.75) is 44.8 Å². The zero-order valence-corrected chi connectivity index (χ0v) is 19.2. The highest BCUT2D eigenvalue weighted by Gasteiger charge is 2.30. The number of hydrogen-bond donors (Lipinski definition) is 1. The van der Waals surface area contributed by atoms with Gasteiger partial charge >= 0.3 is 0 Å². The minimum Gasteiger partial charge on any atom is -0.370 e. The average Bonchev–Trinajstić information content (AvgIpc) is 3.20. The lowest BCUT2D eigenvalue weighted by molar-refractivity contribution is 0.0172. The first-order valence-corrected chi connectivity index (χ1v) is 11.2. The van der Waals surface area contributed by atoms with E-state index in [0.717, 1.165) is 48.7 Å². The zero-order valence-electron chi connectivity index (χ0n) is 17.7. The van der Waals surface area contributed by atoms with Crippen molar-refractivity contribution in [2.24, 2.45) is 0 Å². The molecule has 1 fully saturated rings. The zero-order chi connectivity index (χ0) is 22.0. The molecule has 1 aromatic heterocycles. The maximum atomic E-state index is 13.6. The highest BCUT2D eigenvalue weighted by Crippen LogP contribution is 2.36. The van der Waals surface area contributed by atoms with E-state index in [1.807, 2.05) is 18.3 Å². The third-order valence-electron chi connectivity index (χ3n) is 5.94. The molecule has 3 aromatic rings. The summed E-state index contributed by atoms with van der Waals surface area (Å²) >= 11 is 12.4. The molecule has 0 radical (unpaired) electrons. The van der Waals surface area contributed by atoms with Crippen LogP contribution in [0.1, 0.15) is 43.8 Å². The standard InChI is InChI=1S/C24H26Cl2FN3O/c1-24(2,16-3-8-20(25)21(26)13-16)22-14-29-23(15-31-19-9-11-28-12-10-19)30(22)18-6-4-17(27)5-7-18/h3-8,13-14,19,28H,9-12,15H2,1-2H3. The molecule has 0 spiro atoms. The van der Waals surface area contributed by atoms with Crippen molar-refractivity contribution in [1.82, 2.24) is 14.9 Å². The first-order valence-electron chi connectivity index (χ1n) is 10.5. The fourth-order valence-corrected chi connectivity index (χ4v) is 4.30. The minimum absolute atomic E-state index is 0.214. The minimum atomic E-state index is -0.428. The maximum Gasteiger partial charge on any atom is 0.139 e. The Morgan fingerprint density at radius 1 is 1.10 bits per heavy atom. The van der Waals surface area contributed by atoms with Crippen LogP contribution in [0.5, 0.6) is 0 Å². The van der Waals surface area contributed by atoms with Crippen LogP contribution in [0.15, 0.2) is 48.7 Å². The van der Waals surface area contributed by atoms with E-state index in [4.69, 9.17) is 32.9 Å². The molecule has 7 heteroatoms. The first kappa shape index (κ1) is 22.3. The second kappa shape index (κ2) is 9.29. The Balaban J connectivity index is 1.73. The van der Waals surface area contributed by atoms with Gasteiger partial charge in [0, 0.05) is 17.3 Å². The third-order valence-corrected chi connectivity index (χ3v) is 6.67. The van der Waals surface area contributed by atoms with Gasteiger partial charge in [0.2, 0.25) is 0 Å². The highest BCUT2D eigenvalue weighted by molar-refractivity contribution is 6.42. The molecule has 0 unspecified atom stereocenters. The predicted octanol–water partition coefficient (Wildman–Crippen LogP) is 5.91. The van der Waals surface area contributed by atoms with Crippen LogP contribution in [0.2, 0.25) is 10.0 Å². The van der Waals surface area contributed by atoms with Crippen LogP contribution in [0, 0.1) is 5.82 Å². The number of nitrogens with one attached hydrogen (secondary N) is 1. The summed E-state index contributed by atoms with van der Waals surface area (Å²) < 4.78 is 21.9. The molecule has 2 aromatic carbocycles. The molecule has 4 nitrogen and oxygen atoms in total. The van der Waals surface area contributed by atoms with Crippen molar-refractivity contribution in [3.63, 3.8) is 0 Å². The Hall–Kier alpha value is -1.92. The van der Waals surface area contributed by atoms with Crippen molar-refractivity contribution in [3.8, 4) is 5.69 Å². The van der Waals surface area contributed by atoms with Gasteiger partial charge in [-0.05, 0) is 67.9 Å². The number of halogens is 3. The van der Waals surface area contributed by atoms with Gasteiger partial charge in [-0.15, -0.1) is 0 Å². The summed E-state index contributed by atoms with van der Waals surface area (Å²) in [5.74, 6) is 0.509. The summed E-state index contributed by atoms with van der Waals surface area (Å²) in [6.07, 6.45) is 4.05. The highest BCUT2D eigenvalue weighted by atomic mass is 35.5. The summed E-state index contributed by atoms with van der Waals surface area (Å²) in [4.78, 5) is 4.70. The predicted molar refractivity (Wildman–Crippen MR) is 123 cm³/mol. The molecule has 0 amide bonds. The van der Waals surface area contributed by atoms with E-state index >= 15 is 0 Å². The summed E-state index contributed by atoms with van der Waals surface area (Å²) in [6, 6.07) is 12.1. The summed E-state index contributed by atoms with van der Waals surface area (Å²) in [5, 5.41) is 4.38. The molecule has 1 saturated heterocycles. The number of ether oxygens (including phenoxy) is 1. The molecule has 164 valence electrons. The van der Waals surface area contributed by atoms with Gasteiger partial charge in [0.25, 0.3) is 0 Å². The molecule has 1 aliphatic heterocycles. The lowest BCUT2D eigenvalue weighted by Gasteiger charge is -2.28. The molecule has 1 aliphatic rings. The molecule has 1 N–H and O–H groups in total. The summed E-state index contributed by atoms with van der Waals surface area (Å²) in [5.41, 5.74) is 2.38. The number of hydrogen-bond acceptors (Lipinski definition) is 3. The third kappa shape index (κ3) is 4.80. The quantitative estimate of drug-likeness (QED) is 0.495. The van der Waals surface area contributed by atoms with Crippen LogP contribution in [0.3, 0.4) is 0 Å². The number of nitrogens with zero attached hydrogens (tertiary/aromatic N) is 2. The first-order chi connectivity index (χ1) is 14.9. The molecule has 31 heavy (non-hydrogen) atoms. The molecule has 0 atom stereocenters. The van der Waals surface area contributed by atoms with E-state index in [9.17, 15) is 4.39 Å². The Morgan fingerprint density at radius 2 is 1.81 bits per heavy atom. The van der Waals surface area contributed by atoms with Crippen LogP contribution in [0.25, 0.3) is 5.69 Å². The number of piperidine rings is 1. The van der Waals surface area contributed by atoms with Crippen LogP contribution >= 0.6 is 23.2 Å². The van der Waals surface area contributed by atoms with Crippen molar-refractivity contribution in [1.29, 1.82) is 0 Å². The number of aromatic nitrogens is 2. The van der Waals surface area contributed by atoms with E-state index in [0.29, 0.717) is 16.7 Å². The fourth-order valence-electron chi connectivity index (χ4n) is 4.00. The van der Waals surface area contributed by atoms with Crippen LogP contribution in [-0.2, 0) is 16.8 Å². The van der Waals surface area contributed by atoms with Crippen LogP contribution in [-0.4, -0.2) is 28.7 Å². The Kier molecular flexibility index (Phi) is 6.68. The Bertz CT molecular complexity index is 1040. The molecular formula is C24H26Cl2FN3O. The van der Waals surface area contributed by atoms with Gasteiger partial charge in [-0.25, -0.2) is 9.37 Å². The molecule has 0 bridgehead atoms. The smallest absolute Gasteiger partial charge is 0.139 e. The average molecular weight is 462 g/mol. The second-order valence-corrected chi connectivity index (χ2v) is 9.20. The second-order valence-electron chi connectivity index (χ2n) is 8.39. The van der Waals surface area contributed by atoms with E-state index in [-0.39, 0.29) is 11.9 Å². The van der Waals surface area contributed by atoms with Crippen molar-refractivity contribution in [2.75, 3.05) is 13.1 Å². The van der Waals surface area contributed by atoms with Gasteiger partial charge in [0.05, 0.1) is 21.8 Å². The van der Waals surface area contributed by atoms with Gasteiger partial charge in [-0.2, -0.15) is 0 Å². The largest absolute Gasteiger partial charge is 0.370 e. The van der Waals surface area contributed by atoms with Gasteiger partial charge < -0.3 is 10.1 Å². The SMILES string of the molecule is CC(C)(c1ccc(Cl)c(Cl)c1)c1cnc(COC2CCNCC2)n1-c1ccc(F)cc1. The molecule has 0 aliphatic carbocycles. The van der Waals surface area contributed by atoms with Gasteiger partial charge in [0.1, 0.15) is 18.2 Å². The Morgan fingerprint density at radius 3 is 2.48 bits per heavy atom. The fraction of sp³-hybridized carbons (Fsp3) is 0.375. The van der Waals surface area contributed by atoms with Crippen molar-refractivity contribution in [3.05, 3.63) is 81.6 Å². The van der Waals surface area contributed by atoms with Crippen molar-refractivity contribution >= 4 is 23.2 Å². The number of imidazole rings is 1. The van der Waals surface area contributed by atoms with Crippen LogP contribution < -0.4 is 5.32 Å². The molecular weight excluding hydrogens is 436 g/mol. The maximum absolute atomic E-state index is 13.6. The lowest BCUT2D eigenvalue weighted by Crippen LogP contribution is -2.32. The van der Waals surface area contributed by atoms with E-state index in [1.54, 1.807) is 18.2 Å². The van der Waals surface area contributed by atoms with Gasteiger partial charge in [0.15, 0.2) is 0 Å². The lowest BCUT2D eigenvalue weighted by atomic mass is 9.81. The monoisotopic (exact) mass is 461 g/mol. The van der Waals surface area contributed by atoms with E-state index in [2.05, 4.69) is 23.7 Å². The summed E-state index contributed by atoms with van der Waals surface area (Å²) in [7, 11) is 0. The van der Waals surface area contributed by atoms with E-state index < -0.39 is 5.41 Å². The summed E-state index contributed by atoms with van der Waals surface area (Å²) in [6.45, 7) is 6.54. The van der Waals surface area contributed by atoms with Gasteiger partial charge in [-0.3, -0.25) is 4.57 Å². The van der Waals surface area contributed by atoms with Crippen molar-refractivity contribution < 1.29 is 9.13 Å². The van der Waals surface area contributed by atoms with Gasteiger partial charge in [-0.1, -0.05) is 43.1 Å². The van der Waals surface area contributed by atoms with Crippen LogP contribution in [0.4, 0.5) is 4.39 Å². The topological polar surface area (TPSA) is 39.1 Å². The van der Waals surface area contributed by atoms with E-state index in [1.165, 1.54) is 12.1 Å². The number of benzene rings is 2. The Labute approximate surface area is 192 Å². The normalized spacial score (nSPS) is 15.4. The molecule has 4 rings (SSSR count). The molecule has 0 saturated carbocycles.